The average Bonchev–Trinajstić information content (AvgIpc) is 3.14. The van der Waals surface area contributed by atoms with E-state index in [1.165, 1.54) is 0 Å². The number of anilines is 1. The van der Waals surface area contributed by atoms with E-state index in [4.69, 9.17) is 26.2 Å². The Hall–Kier alpha value is -1.93. The maximum Gasteiger partial charge on any atom is 0.225 e. The summed E-state index contributed by atoms with van der Waals surface area (Å²) >= 11 is 7.76. The first kappa shape index (κ1) is 23.7. The van der Waals surface area contributed by atoms with Gasteiger partial charge in [-0.15, -0.1) is 0 Å². The molecule has 3 rings (SSSR count). The third kappa shape index (κ3) is 5.66. The van der Waals surface area contributed by atoms with Gasteiger partial charge in [0.1, 0.15) is 16.9 Å². The van der Waals surface area contributed by atoms with Gasteiger partial charge in [-0.25, -0.2) is 0 Å². The molecule has 2 aromatic rings. The SMILES string of the molecule is CCN(CCO)CCCOc1ccc(OC)cc1[C@@H]1Sc2cc(Cl)ccc2N1C(C)=O. The number of thioether (sulfide) groups is 1. The lowest BCUT2D eigenvalue weighted by Gasteiger charge is -2.26. The van der Waals surface area contributed by atoms with Crippen molar-refractivity contribution in [3.63, 3.8) is 0 Å². The molecule has 31 heavy (non-hydrogen) atoms. The Morgan fingerprint density at radius 1 is 1.26 bits per heavy atom. The van der Waals surface area contributed by atoms with Crippen molar-refractivity contribution in [1.29, 1.82) is 0 Å². The summed E-state index contributed by atoms with van der Waals surface area (Å²) in [6, 6.07) is 11.3. The van der Waals surface area contributed by atoms with Crippen LogP contribution in [0.2, 0.25) is 5.02 Å². The maximum atomic E-state index is 12.6. The lowest BCUT2D eigenvalue weighted by molar-refractivity contribution is -0.116. The van der Waals surface area contributed by atoms with Crippen molar-refractivity contribution >= 4 is 35.0 Å². The molecule has 168 valence electrons. The molecular formula is C23H29ClN2O4S. The third-order valence-corrected chi connectivity index (χ3v) is 6.72. The molecule has 0 spiro atoms. The number of aliphatic hydroxyl groups excluding tert-OH is 1. The van der Waals surface area contributed by atoms with E-state index in [1.807, 2.05) is 30.3 Å². The second-order valence-corrected chi connectivity index (χ2v) is 8.79. The quantitative estimate of drug-likeness (QED) is 0.519. The lowest BCUT2D eigenvalue weighted by Crippen LogP contribution is -2.29. The predicted octanol–water partition coefficient (Wildman–Crippen LogP) is 4.59. The third-order valence-electron chi connectivity index (χ3n) is 5.22. The zero-order chi connectivity index (χ0) is 22.4. The number of carbonyl (C=O) groups excluding carboxylic acids is 1. The minimum absolute atomic E-state index is 0.0464. The van der Waals surface area contributed by atoms with E-state index in [-0.39, 0.29) is 17.9 Å². The highest BCUT2D eigenvalue weighted by Gasteiger charge is 2.36. The molecule has 1 aliphatic rings. The number of benzene rings is 2. The number of ether oxygens (including phenoxy) is 2. The van der Waals surface area contributed by atoms with Crippen LogP contribution in [0.25, 0.3) is 0 Å². The van der Waals surface area contributed by atoms with E-state index in [2.05, 4.69) is 11.8 Å². The van der Waals surface area contributed by atoms with Crippen LogP contribution in [0, 0.1) is 0 Å². The highest BCUT2D eigenvalue weighted by molar-refractivity contribution is 8.00. The van der Waals surface area contributed by atoms with Gasteiger partial charge in [0.15, 0.2) is 0 Å². The highest BCUT2D eigenvalue weighted by Crippen LogP contribution is 2.54. The molecule has 0 bridgehead atoms. The minimum atomic E-state index is -0.266. The molecule has 0 fully saturated rings. The molecular weight excluding hydrogens is 436 g/mol. The first-order valence-electron chi connectivity index (χ1n) is 10.4. The number of hydrogen-bond acceptors (Lipinski definition) is 6. The number of hydrogen-bond donors (Lipinski definition) is 1. The number of methoxy groups -OCH3 is 1. The fraction of sp³-hybridized carbons (Fsp3) is 0.435. The van der Waals surface area contributed by atoms with Crippen LogP contribution in [0.4, 0.5) is 5.69 Å². The number of fused-ring (bicyclic) bond motifs is 1. The second kappa shape index (κ2) is 11.1. The van der Waals surface area contributed by atoms with Crippen molar-refractivity contribution in [2.24, 2.45) is 0 Å². The fourth-order valence-electron chi connectivity index (χ4n) is 3.64. The maximum absolute atomic E-state index is 12.6. The van der Waals surface area contributed by atoms with Gasteiger partial charge in [0.2, 0.25) is 5.91 Å². The fourth-order valence-corrected chi connectivity index (χ4v) is 5.27. The number of likely N-dealkylation sites (N-methyl/N-ethyl adjacent to an activating group) is 1. The van der Waals surface area contributed by atoms with Gasteiger partial charge in [0.05, 0.1) is 26.0 Å². The van der Waals surface area contributed by atoms with Crippen molar-refractivity contribution < 1.29 is 19.4 Å². The Kier molecular flexibility index (Phi) is 8.49. The van der Waals surface area contributed by atoms with E-state index >= 15 is 0 Å². The van der Waals surface area contributed by atoms with Gasteiger partial charge in [-0.3, -0.25) is 9.69 Å². The van der Waals surface area contributed by atoms with Crippen LogP contribution in [0.3, 0.4) is 0 Å². The summed E-state index contributed by atoms with van der Waals surface area (Å²) in [5.41, 5.74) is 1.73. The van der Waals surface area contributed by atoms with Crippen LogP contribution in [0.15, 0.2) is 41.3 Å². The molecule has 0 radical (unpaired) electrons. The molecule has 0 saturated carbocycles. The average molecular weight is 465 g/mol. The van der Waals surface area contributed by atoms with Crippen LogP contribution in [0.1, 0.15) is 31.2 Å². The monoisotopic (exact) mass is 464 g/mol. The largest absolute Gasteiger partial charge is 0.497 e. The van der Waals surface area contributed by atoms with Crippen LogP contribution in [0.5, 0.6) is 11.5 Å². The molecule has 1 N–H and O–H groups in total. The van der Waals surface area contributed by atoms with Crippen LogP contribution in [-0.2, 0) is 4.79 Å². The first-order valence-corrected chi connectivity index (χ1v) is 11.6. The number of amides is 1. The number of rotatable bonds is 10. The molecule has 1 atom stereocenters. The Balaban J connectivity index is 1.82. The van der Waals surface area contributed by atoms with Crippen LogP contribution >= 0.6 is 23.4 Å². The topological polar surface area (TPSA) is 62.2 Å². The van der Waals surface area contributed by atoms with Gasteiger partial charge in [-0.2, -0.15) is 0 Å². The molecule has 1 aliphatic heterocycles. The Labute approximate surface area is 193 Å². The molecule has 1 amide bonds. The van der Waals surface area contributed by atoms with E-state index in [0.29, 0.717) is 23.9 Å². The van der Waals surface area contributed by atoms with E-state index in [9.17, 15) is 4.79 Å². The number of carbonyl (C=O) groups is 1. The van der Waals surface area contributed by atoms with E-state index < -0.39 is 0 Å². The lowest BCUT2D eigenvalue weighted by atomic mass is 10.1. The van der Waals surface area contributed by atoms with Gasteiger partial charge >= 0.3 is 0 Å². The van der Waals surface area contributed by atoms with Gasteiger partial charge in [0, 0.05) is 35.5 Å². The van der Waals surface area contributed by atoms with Crippen molar-refractivity contribution in [1.82, 2.24) is 4.90 Å². The van der Waals surface area contributed by atoms with E-state index in [0.717, 1.165) is 41.4 Å². The predicted molar refractivity (Wildman–Crippen MR) is 126 cm³/mol. The van der Waals surface area contributed by atoms with Crippen LogP contribution < -0.4 is 14.4 Å². The van der Waals surface area contributed by atoms with Crippen molar-refractivity contribution in [2.75, 3.05) is 44.9 Å². The summed E-state index contributed by atoms with van der Waals surface area (Å²) in [6.07, 6.45) is 0.837. The molecule has 6 nitrogen and oxygen atoms in total. The normalized spacial score (nSPS) is 15.3. The number of nitrogens with zero attached hydrogens (tertiary/aromatic N) is 2. The van der Waals surface area contributed by atoms with Gasteiger partial charge in [-0.1, -0.05) is 30.3 Å². The summed E-state index contributed by atoms with van der Waals surface area (Å²) in [4.78, 5) is 17.5. The number of aliphatic hydroxyl groups is 1. The Morgan fingerprint density at radius 2 is 2.06 bits per heavy atom. The molecule has 0 aromatic heterocycles. The Bertz CT molecular complexity index is 911. The molecule has 2 aromatic carbocycles. The second-order valence-electron chi connectivity index (χ2n) is 7.23. The Morgan fingerprint density at radius 3 is 2.74 bits per heavy atom. The summed E-state index contributed by atoms with van der Waals surface area (Å²) < 4.78 is 11.6. The molecule has 0 saturated heterocycles. The zero-order valence-electron chi connectivity index (χ0n) is 18.1. The standard InChI is InChI=1S/C23H29ClN2O4S/c1-4-25(11-12-27)10-5-13-30-21-9-7-18(29-3)15-19(21)23-26(16(2)28)20-8-6-17(24)14-22(20)31-23/h6-9,14-15,23,27H,4-5,10-13H2,1-3H3/t23-/m0/s1. The van der Waals surface area contributed by atoms with Gasteiger partial charge in [-0.05, 0) is 49.4 Å². The van der Waals surface area contributed by atoms with Crippen LogP contribution in [-0.4, -0.2) is 55.9 Å². The first-order chi connectivity index (χ1) is 15.0. The van der Waals surface area contributed by atoms with Crippen molar-refractivity contribution in [2.45, 2.75) is 30.5 Å². The molecule has 0 aliphatic carbocycles. The summed E-state index contributed by atoms with van der Waals surface area (Å²) in [5, 5.41) is 9.52. The summed E-state index contributed by atoms with van der Waals surface area (Å²) in [7, 11) is 1.62. The molecule has 8 heteroatoms. The highest BCUT2D eigenvalue weighted by atomic mass is 35.5. The summed E-state index contributed by atoms with van der Waals surface area (Å²) in [6.45, 7) is 6.75. The minimum Gasteiger partial charge on any atom is -0.497 e. The van der Waals surface area contributed by atoms with Gasteiger partial charge < -0.3 is 19.5 Å². The molecule has 0 unspecified atom stereocenters. The van der Waals surface area contributed by atoms with Gasteiger partial charge in [0.25, 0.3) is 0 Å². The zero-order valence-corrected chi connectivity index (χ0v) is 19.7. The summed E-state index contributed by atoms with van der Waals surface area (Å²) in [5.74, 6) is 1.39. The van der Waals surface area contributed by atoms with Crippen molar-refractivity contribution in [3.05, 3.63) is 47.0 Å². The van der Waals surface area contributed by atoms with Crippen molar-refractivity contribution in [3.8, 4) is 11.5 Å². The number of halogens is 1. The van der Waals surface area contributed by atoms with E-state index in [1.54, 1.807) is 36.8 Å². The smallest absolute Gasteiger partial charge is 0.225 e. The molecule has 1 heterocycles.